The topological polar surface area (TPSA) is 79.0 Å². The molecule has 2 aliphatic heterocycles. The van der Waals surface area contributed by atoms with Gasteiger partial charge < -0.3 is 14.8 Å². The highest BCUT2D eigenvalue weighted by Gasteiger charge is 2.25. The van der Waals surface area contributed by atoms with Gasteiger partial charge in [0.2, 0.25) is 5.88 Å². The summed E-state index contributed by atoms with van der Waals surface area (Å²) < 4.78 is 15.3. The Bertz CT molecular complexity index is 1110. The molecule has 0 spiro atoms. The van der Waals surface area contributed by atoms with Crippen LogP contribution in [0.25, 0.3) is 16.9 Å². The maximum Gasteiger partial charge on any atom is 0.216 e. The molecule has 5 rings (SSSR count). The molecule has 3 aromatic rings. The van der Waals surface area contributed by atoms with Gasteiger partial charge in [-0.15, -0.1) is 0 Å². The van der Waals surface area contributed by atoms with Crippen molar-refractivity contribution in [3.63, 3.8) is 0 Å². The van der Waals surface area contributed by atoms with Gasteiger partial charge in [-0.2, -0.15) is 10.2 Å². The molecule has 3 aromatic heterocycles. The summed E-state index contributed by atoms with van der Waals surface area (Å²) in [6, 6.07) is 3.20. The van der Waals surface area contributed by atoms with Crippen molar-refractivity contribution in [1.82, 2.24) is 29.9 Å². The molecule has 0 aliphatic carbocycles. The number of nitrogens with zero attached hydrogens (tertiary/aromatic N) is 5. The molecule has 2 aliphatic rings. The van der Waals surface area contributed by atoms with Crippen LogP contribution in [-0.2, 0) is 24.1 Å². The van der Waals surface area contributed by atoms with Gasteiger partial charge in [0.25, 0.3) is 0 Å². The largest absolute Gasteiger partial charge is 0.481 e. The molecule has 0 amide bonds. The third kappa shape index (κ3) is 4.54. The van der Waals surface area contributed by atoms with Crippen molar-refractivity contribution in [2.75, 3.05) is 20.3 Å². The lowest BCUT2D eigenvalue weighted by molar-refractivity contribution is 0.145. The molecular weight excluding hydrogens is 416 g/mol. The summed E-state index contributed by atoms with van der Waals surface area (Å²) >= 11 is 0. The number of nitrogens with one attached hydrogen (secondary N) is 1. The molecule has 1 N–H and O–H groups in total. The molecule has 176 valence electrons. The van der Waals surface area contributed by atoms with E-state index in [-0.39, 0.29) is 0 Å². The van der Waals surface area contributed by atoms with Crippen LogP contribution in [-0.4, -0.2) is 57.0 Å². The predicted octanol–water partition coefficient (Wildman–Crippen LogP) is 3.34. The van der Waals surface area contributed by atoms with Crippen LogP contribution in [0.5, 0.6) is 5.88 Å². The summed E-state index contributed by atoms with van der Waals surface area (Å²) in [6.07, 6.45) is 10.00. The van der Waals surface area contributed by atoms with E-state index in [0.717, 1.165) is 41.9 Å². The monoisotopic (exact) mass is 450 g/mol. The average Bonchev–Trinajstić information content (AvgIpc) is 3.29. The van der Waals surface area contributed by atoms with Crippen LogP contribution >= 0.6 is 0 Å². The molecule has 0 aromatic carbocycles. The third-order valence-corrected chi connectivity index (χ3v) is 6.82. The first-order valence-corrected chi connectivity index (χ1v) is 12.0. The second-order valence-electron chi connectivity index (χ2n) is 9.57. The van der Waals surface area contributed by atoms with Crippen molar-refractivity contribution < 1.29 is 9.47 Å². The van der Waals surface area contributed by atoms with Gasteiger partial charge in [0.1, 0.15) is 0 Å². The fourth-order valence-corrected chi connectivity index (χ4v) is 5.49. The summed E-state index contributed by atoms with van der Waals surface area (Å²) in [7, 11) is 1.65. The summed E-state index contributed by atoms with van der Waals surface area (Å²) in [5.41, 5.74) is 6.46. The van der Waals surface area contributed by atoms with Gasteiger partial charge in [0.05, 0.1) is 49.8 Å². The lowest BCUT2D eigenvalue weighted by atomic mass is 9.89. The molecule has 0 radical (unpaired) electrons. The number of aromatic nitrogens is 5. The minimum absolute atomic E-state index is 0.557. The van der Waals surface area contributed by atoms with Gasteiger partial charge in [0.15, 0.2) is 0 Å². The maximum atomic E-state index is 5.80. The summed E-state index contributed by atoms with van der Waals surface area (Å²) in [5, 5.41) is 13.4. The van der Waals surface area contributed by atoms with E-state index in [9.17, 15) is 0 Å². The first-order valence-electron chi connectivity index (χ1n) is 12.0. The van der Waals surface area contributed by atoms with Crippen LogP contribution in [0.1, 0.15) is 43.5 Å². The molecule has 5 heterocycles. The Morgan fingerprint density at radius 3 is 2.70 bits per heavy atom. The van der Waals surface area contributed by atoms with Crippen molar-refractivity contribution in [3.8, 4) is 22.8 Å². The molecule has 2 unspecified atom stereocenters. The summed E-state index contributed by atoms with van der Waals surface area (Å²) in [4.78, 5) is 4.47. The third-order valence-electron chi connectivity index (χ3n) is 6.82. The normalized spacial score (nSPS) is 23.2. The first kappa shape index (κ1) is 22.1. The fraction of sp³-hybridized carbons (Fsp3) is 0.560. The van der Waals surface area contributed by atoms with Gasteiger partial charge in [-0.05, 0) is 52.0 Å². The lowest BCUT2D eigenvalue weighted by Crippen LogP contribution is -2.43. The smallest absolute Gasteiger partial charge is 0.216 e. The molecule has 8 nitrogen and oxygen atoms in total. The van der Waals surface area contributed by atoms with Crippen LogP contribution < -0.4 is 10.1 Å². The van der Waals surface area contributed by atoms with Crippen LogP contribution in [0.2, 0.25) is 0 Å². The highest BCUT2D eigenvalue weighted by molar-refractivity contribution is 5.64. The van der Waals surface area contributed by atoms with E-state index in [2.05, 4.69) is 41.1 Å². The van der Waals surface area contributed by atoms with Crippen molar-refractivity contribution in [1.29, 1.82) is 0 Å². The van der Waals surface area contributed by atoms with Crippen LogP contribution in [0, 0.1) is 12.8 Å². The number of hydrogen-bond donors (Lipinski definition) is 1. The SMILES string of the molecule is COc1ncc(-n2nc(-c3cnn(CC4CC(C)NC(C)C4)c3)c3c2CCOCC3)cc1C. The Labute approximate surface area is 195 Å². The highest BCUT2D eigenvalue weighted by atomic mass is 16.5. The van der Waals surface area contributed by atoms with E-state index in [1.165, 1.54) is 24.1 Å². The summed E-state index contributed by atoms with van der Waals surface area (Å²) in [5.74, 6) is 1.28. The molecule has 33 heavy (non-hydrogen) atoms. The number of piperidine rings is 1. The van der Waals surface area contributed by atoms with Gasteiger partial charge in [-0.3, -0.25) is 4.68 Å². The minimum atomic E-state index is 0.557. The Balaban J connectivity index is 1.47. The number of methoxy groups -OCH3 is 1. The fourth-order valence-electron chi connectivity index (χ4n) is 5.49. The number of fused-ring (bicyclic) bond motifs is 1. The van der Waals surface area contributed by atoms with E-state index in [4.69, 9.17) is 19.7 Å². The van der Waals surface area contributed by atoms with Crippen molar-refractivity contribution >= 4 is 0 Å². The van der Waals surface area contributed by atoms with E-state index in [0.29, 0.717) is 37.1 Å². The molecule has 1 fully saturated rings. The van der Waals surface area contributed by atoms with Gasteiger partial charge >= 0.3 is 0 Å². The first-order chi connectivity index (χ1) is 16.0. The maximum absolute atomic E-state index is 5.80. The molecule has 2 atom stereocenters. The van der Waals surface area contributed by atoms with Crippen molar-refractivity contribution in [3.05, 3.63) is 41.5 Å². The molecule has 0 saturated carbocycles. The predicted molar refractivity (Wildman–Crippen MR) is 127 cm³/mol. The van der Waals surface area contributed by atoms with Gasteiger partial charge in [0, 0.05) is 47.9 Å². The number of hydrogen-bond acceptors (Lipinski definition) is 6. The van der Waals surface area contributed by atoms with Crippen molar-refractivity contribution in [2.45, 2.75) is 65.1 Å². The van der Waals surface area contributed by atoms with E-state index < -0.39 is 0 Å². The zero-order valence-corrected chi connectivity index (χ0v) is 20.0. The second kappa shape index (κ2) is 9.27. The van der Waals surface area contributed by atoms with Crippen LogP contribution in [0.3, 0.4) is 0 Å². The molecule has 1 saturated heterocycles. The zero-order valence-electron chi connectivity index (χ0n) is 20.0. The quantitative estimate of drug-likeness (QED) is 0.642. The average molecular weight is 451 g/mol. The van der Waals surface area contributed by atoms with Crippen LogP contribution in [0.4, 0.5) is 0 Å². The van der Waals surface area contributed by atoms with E-state index in [1.807, 2.05) is 24.0 Å². The van der Waals surface area contributed by atoms with E-state index in [1.54, 1.807) is 7.11 Å². The minimum Gasteiger partial charge on any atom is -0.481 e. The standard InChI is InChI=1S/C25H34N6O2/c1-16-9-21(13-26-25(16)32-4)31-23-6-8-33-7-5-22(23)24(29-31)20-12-27-30(15-20)14-19-10-17(2)28-18(3)11-19/h9,12-13,15,17-19,28H,5-8,10-11,14H2,1-4H3. The van der Waals surface area contributed by atoms with Crippen LogP contribution in [0.15, 0.2) is 24.7 Å². The molecular formula is C25H34N6O2. The molecule has 8 heteroatoms. The number of pyridine rings is 1. The number of aryl methyl sites for hydroxylation is 1. The Hall–Kier alpha value is -2.71. The Kier molecular flexibility index (Phi) is 6.21. The Morgan fingerprint density at radius 2 is 1.94 bits per heavy atom. The van der Waals surface area contributed by atoms with Gasteiger partial charge in [-0.1, -0.05) is 0 Å². The number of ether oxygens (including phenoxy) is 2. The zero-order chi connectivity index (χ0) is 22.9. The highest BCUT2D eigenvalue weighted by Crippen LogP contribution is 2.31. The van der Waals surface area contributed by atoms with Crippen molar-refractivity contribution in [2.24, 2.45) is 5.92 Å². The summed E-state index contributed by atoms with van der Waals surface area (Å²) in [6.45, 7) is 8.92. The second-order valence-corrected chi connectivity index (χ2v) is 9.57. The lowest BCUT2D eigenvalue weighted by Gasteiger charge is -2.32. The van der Waals surface area contributed by atoms with Gasteiger partial charge in [-0.25, -0.2) is 9.67 Å². The number of rotatable bonds is 5. The van der Waals surface area contributed by atoms with E-state index >= 15 is 0 Å². The molecule has 0 bridgehead atoms. The Morgan fingerprint density at radius 1 is 1.15 bits per heavy atom.